The highest BCUT2D eigenvalue weighted by atomic mass is 32.1. The standard InChI is InChI=1S/C13H14N2OS2/c1-9-2-3-11(17)6-12(9)13(16)14-5-4-10-7-18-8-15-10/h2-3,6-8,17H,4-5H2,1H3,(H,14,16). The normalized spacial score (nSPS) is 10.3. The second-order valence-electron chi connectivity index (χ2n) is 3.98. The van der Waals surface area contributed by atoms with Gasteiger partial charge in [0, 0.05) is 28.8 Å². The highest BCUT2D eigenvalue weighted by molar-refractivity contribution is 7.80. The molecule has 0 aliphatic heterocycles. The van der Waals surface area contributed by atoms with Crippen molar-refractivity contribution in [2.75, 3.05) is 6.54 Å². The fourth-order valence-electron chi connectivity index (χ4n) is 1.61. The molecule has 3 nitrogen and oxygen atoms in total. The van der Waals surface area contributed by atoms with Crippen LogP contribution in [0.4, 0.5) is 0 Å². The summed E-state index contributed by atoms with van der Waals surface area (Å²) in [5, 5.41) is 4.89. The van der Waals surface area contributed by atoms with Crippen LogP contribution in [-0.4, -0.2) is 17.4 Å². The van der Waals surface area contributed by atoms with E-state index in [0.29, 0.717) is 12.1 Å². The molecule has 0 radical (unpaired) electrons. The number of thiazole rings is 1. The molecule has 0 fully saturated rings. The van der Waals surface area contributed by atoms with Gasteiger partial charge >= 0.3 is 0 Å². The van der Waals surface area contributed by atoms with Crippen LogP contribution in [-0.2, 0) is 6.42 Å². The number of hydrogen-bond donors (Lipinski definition) is 2. The molecule has 2 aromatic rings. The number of thiol groups is 1. The highest BCUT2D eigenvalue weighted by Crippen LogP contribution is 2.13. The molecule has 0 aliphatic carbocycles. The number of hydrogen-bond acceptors (Lipinski definition) is 4. The first-order valence-electron chi connectivity index (χ1n) is 5.61. The quantitative estimate of drug-likeness (QED) is 0.844. The largest absolute Gasteiger partial charge is 0.352 e. The van der Waals surface area contributed by atoms with Crippen molar-refractivity contribution < 1.29 is 4.79 Å². The van der Waals surface area contributed by atoms with Gasteiger partial charge in [0.15, 0.2) is 0 Å². The van der Waals surface area contributed by atoms with E-state index in [4.69, 9.17) is 0 Å². The predicted octanol–water partition coefficient (Wildman–Crippen LogP) is 2.71. The maximum absolute atomic E-state index is 12.0. The first kappa shape index (κ1) is 13.1. The van der Waals surface area contributed by atoms with E-state index in [-0.39, 0.29) is 5.91 Å². The van der Waals surface area contributed by atoms with Gasteiger partial charge in [-0.2, -0.15) is 0 Å². The Balaban J connectivity index is 1.93. The monoisotopic (exact) mass is 278 g/mol. The van der Waals surface area contributed by atoms with Gasteiger partial charge in [-0.1, -0.05) is 6.07 Å². The van der Waals surface area contributed by atoms with Crippen LogP contribution >= 0.6 is 24.0 Å². The van der Waals surface area contributed by atoms with Crippen LogP contribution in [0.5, 0.6) is 0 Å². The molecular formula is C13H14N2OS2. The molecule has 0 spiro atoms. The van der Waals surface area contributed by atoms with Crippen molar-refractivity contribution in [3.05, 3.63) is 45.9 Å². The maximum Gasteiger partial charge on any atom is 0.251 e. The number of aryl methyl sites for hydroxylation is 1. The van der Waals surface area contributed by atoms with E-state index in [1.807, 2.05) is 24.4 Å². The molecule has 0 aliphatic rings. The van der Waals surface area contributed by atoms with Gasteiger partial charge in [-0.25, -0.2) is 4.98 Å². The van der Waals surface area contributed by atoms with E-state index in [9.17, 15) is 4.79 Å². The van der Waals surface area contributed by atoms with Crippen LogP contribution in [0.15, 0.2) is 34.0 Å². The summed E-state index contributed by atoms with van der Waals surface area (Å²) in [5.74, 6) is -0.0568. The summed E-state index contributed by atoms with van der Waals surface area (Å²) in [6, 6.07) is 5.57. The number of carbonyl (C=O) groups excluding carboxylic acids is 1. The molecule has 1 heterocycles. The van der Waals surface area contributed by atoms with E-state index in [2.05, 4.69) is 22.9 Å². The molecule has 18 heavy (non-hydrogen) atoms. The van der Waals surface area contributed by atoms with Crippen molar-refractivity contribution in [1.29, 1.82) is 0 Å². The number of carbonyl (C=O) groups is 1. The second-order valence-corrected chi connectivity index (χ2v) is 5.22. The average Bonchev–Trinajstić information content (AvgIpc) is 2.85. The van der Waals surface area contributed by atoms with E-state index in [1.165, 1.54) is 0 Å². The fraction of sp³-hybridized carbons (Fsp3) is 0.231. The van der Waals surface area contributed by atoms with Crippen molar-refractivity contribution in [1.82, 2.24) is 10.3 Å². The number of aromatic nitrogens is 1. The van der Waals surface area contributed by atoms with E-state index in [1.54, 1.807) is 22.9 Å². The van der Waals surface area contributed by atoms with Crippen molar-refractivity contribution in [3.8, 4) is 0 Å². The highest BCUT2D eigenvalue weighted by Gasteiger charge is 2.08. The molecule has 0 atom stereocenters. The Bertz CT molecular complexity index is 538. The van der Waals surface area contributed by atoms with Gasteiger partial charge in [0.25, 0.3) is 5.91 Å². The number of benzene rings is 1. The van der Waals surface area contributed by atoms with Gasteiger partial charge in [-0.05, 0) is 24.6 Å². The molecule has 0 bridgehead atoms. The smallest absolute Gasteiger partial charge is 0.251 e. The summed E-state index contributed by atoms with van der Waals surface area (Å²) < 4.78 is 0. The van der Waals surface area contributed by atoms with Crippen LogP contribution in [0, 0.1) is 6.92 Å². The predicted molar refractivity (Wildman–Crippen MR) is 76.6 cm³/mol. The van der Waals surface area contributed by atoms with Crippen molar-refractivity contribution in [2.45, 2.75) is 18.2 Å². The van der Waals surface area contributed by atoms with E-state index in [0.717, 1.165) is 22.6 Å². The Morgan fingerprint density at radius 3 is 3.06 bits per heavy atom. The molecule has 5 heteroatoms. The van der Waals surface area contributed by atoms with Crippen LogP contribution in [0.3, 0.4) is 0 Å². The van der Waals surface area contributed by atoms with Crippen LogP contribution in [0.1, 0.15) is 21.6 Å². The van der Waals surface area contributed by atoms with Crippen molar-refractivity contribution >= 4 is 29.9 Å². The zero-order valence-corrected chi connectivity index (χ0v) is 11.7. The minimum Gasteiger partial charge on any atom is -0.352 e. The lowest BCUT2D eigenvalue weighted by molar-refractivity contribution is 0.0953. The third-order valence-corrected chi connectivity index (χ3v) is 3.53. The van der Waals surface area contributed by atoms with Crippen molar-refractivity contribution in [2.24, 2.45) is 0 Å². The molecule has 94 valence electrons. The lowest BCUT2D eigenvalue weighted by Crippen LogP contribution is -2.26. The summed E-state index contributed by atoms with van der Waals surface area (Å²) in [6.45, 7) is 2.52. The first-order valence-corrected chi connectivity index (χ1v) is 7.00. The minimum absolute atomic E-state index is 0.0568. The Morgan fingerprint density at radius 2 is 2.33 bits per heavy atom. The van der Waals surface area contributed by atoms with Crippen LogP contribution in [0.2, 0.25) is 0 Å². The lowest BCUT2D eigenvalue weighted by Gasteiger charge is -2.07. The summed E-state index contributed by atoms with van der Waals surface area (Å²) in [5.41, 5.74) is 4.45. The van der Waals surface area contributed by atoms with Gasteiger partial charge in [0.05, 0.1) is 11.2 Å². The summed E-state index contributed by atoms with van der Waals surface area (Å²) >= 11 is 5.81. The zero-order chi connectivity index (χ0) is 13.0. The second kappa shape index (κ2) is 6.02. The molecule has 0 saturated carbocycles. The topological polar surface area (TPSA) is 42.0 Å². The molecule has 2 rings (SSSR count). The molecule has 0 unspecified atom stereocenters. The van der Waals surface area contributed by atoms with Gasteiger partial charge in [0.1, 0.15) is 0 Å². The maximum atomic E-state index is 12.0. The lowest BCUT2D eigenvalue weighted by atomic mass is 10.1. The van der Waals surface area contributed by atoms with Gasteiger partial charge in [0.2, 0.25) is 0 Å². The Hall–Kier alpha value is -1.33. The molecule has 1 N–H and O–H groups in total. The molecule has 1 aromatic carbocycles. The van der Waals surface area contributed by atoms with Gasteiger partial charge in [-0.15, -0.1) is 24.0 Å². The number of nitrogens with one attached hydrogen (secondary N) is 1. The Morgan fingerprint density at radius 1 is 1.50 bits per heavy atom. The molecular weight excluding hydrogens is 264 g/mol. The summed E-state index contributed by atoms with van der Waals surface area (Å²) in [4.78, 5) is 17.0. The van der Waals surface area contributed by atoms with Crippen LogP contribution in [0.25, 0.3) is 0 Å². The number of amides is 1. The first-order chi connectivity index (χ1) is 8.66. The Kier molecular flexibility index (Phi) is 4.38. The minimum atomic E-state index is -0.0568. The summed E-state index contributed by atoms with van der Waals surface area (Å²) in [7, 11) is 0. The van der Waals surface area contributed by atoms with E-state index >= 15 is 0 Å². The zero-order valence-electron chi connectivity index (χ0n) is 10.0. The SMILES string of the molecule is Cc1ccc(S)cc1C(=O)NCCc1cscn1. The molecule has 1 aromatic heterocycles. The van der Waals surface area contributed by atoms with Gasteiger partial charge in [-0.3, -0.25) is 4.79 Å². The number of rotatable bonds is 4. The van der Waals surface area contributed by atoms with E-state index < -0.39 is 0 Å². The molecule has 1 amide bonds. The van der Waals surface area contributed by atoms with Gasteiger partial charge < -0.3 is 5.32 Å². The third-order valence-electron chi connectivity index (χ3n) is 2.62. The fourth-order valence-corrected chi connectivity index (χ4v) is 2.41. The third kappa shape index (κ3) is 3.34. The van der Waals surface area contributed by atoms with Crippen LogP contribution < -0.4 is 5.32 Å². The molecule has 0 saturated heterocycles. The average molecular weight is 278 g/mol. The Labute approximate surface area is 116 Å². The summed E-state index contributed by atoms with van der Waals surface area (Å²) in [6.07, 6.45) is 0.759. The number of nitrogens with zero attached hydrogens (tertiary/aromatic N) is 1. The van der Waals surface area contributed by atoms with Crippen molar-refractivity contribution in [3.63, 3.8) is 0 Å².